The van der Waals surface area contributed by atoms with E-state index in [4.69, 9.17) is 15.5 Å². The van der Waals surface area contributed by atoms with Gasteiger partial charge in [0.1, 0.15) is 34.4 Å². The van der Waals surface area contributed by atoms with E-state index in [1.54, 1.807) is 13.1 Å². The molecule has 1 saturated heterocycles. The second-order valence-corrected chi connectivity index (χ2v) is 9.32. The number of imidazole rings is 1. The van der Waals surface area contributed by atoms with Crippen LogP contribution < -0.4 is 10.5 Å². The third-order valence-corrected chi connectivity index (χ3v) is 6.97. The Balaban J connectivity index is 1.40. The number of anilines is 1. The number of hydrogen-bond donors (Lipinski definition) is 1. The van der Waals surface area contributed by atoms with E-state index in [2.05, 4.69) is 16.8 Å². The number of rotatable bonds is 4. The molecule has 1 saturated carbocycles. The number of aromatic nitrogens is 3. The molecule has 0 radical (unpaired) electrons. The van der Waals surface area contributed by atoms with E-state index in [0.717, 1.165) is 59.9 Å². The lowest BCUT2D eigenvalue weighted by molar-refractivity contribution is -0.126. The summed E-state index contributed by atoms with van der Waals surface area (Å²) in [6.07, 6.45) is 6.70. The van der Waals surface area contributed by atoms with Crippen LogP contribution in [0.3, 0.4) is 0 Å². The Bertz CT molecular complexity index is 1480. The van der Waals surface area contributed by atoms with Crippen molar-refractivity contribution in [2.45, 2.75) is 32.2 Å². The molecule has 0 bridgehead atoms. The molecule has 1 atom stereocenters. The summed E-state index contributed by atoms with van der Waals surface area (Å²) < 4.78 is 7.92. The zero-order valence-corrected chi connectivity index (χ0v) is 19.4. The molecule has 174 valence electrons. The first kappa shape index (κ1) is 21.2. The Kier molecular flexibility index (Phi) is 4.96. The highest BCUT2D eigenvalue weighted by atomic mass is 16.5. The summed E-state index contributed by atoms with van der Waals surface area (Å²) in [5.74, 6) is 8.03. The molecule has 2 fully saturated rings. The van der Waals surface area contributed by atoms with Gasteiger partial charge < -0.3 is 15.4 Å². The number of ether oxygens (including phenoxy) is 1. The quantitative estimate of drug-likeness (QED) is 0.438. The molecule has 7 nitrogen and oxygen atoms in total. The molecular weight excluding hydrogens is 438 g/mol. The van der Waals surface area contributed by atoms with E-state index in [1.807, 2.05) is 70.1 Å². The first-order chi connectivity index (χ1) is 17.1. The lowest BCUT2D eigenvalue weighted by Gasteiger charge is -2.21. The fourth-order valence-corrected chi connectivity index (χ4v) is 5.05. The molecule has 2 aromatic heterocycles. The van der Waals surface area contributed by atoms with Crippen molar-refractivity contribution >= 4 is 17.2 Å². The summed E-state index contributed by atoms with van der Waals surface area (Å²) >= 11 is 0. The second kappa shape index (κ2) is 8.17. The van der Waals surface area contributed by atoms with Gasteiger partial charge in [0.2, 0.25) is 0 Å². The minimum Gasteiger partial charge on any atom is -0.457 e. The van der Waals surface area contributed by atoms with Crippen molar-refractivity contribution in [1.82, 2.24) is 19.3 Å². The predicted octanol–water partition coefficient (Wildman–Crippen LogP) is 4.85. The molecule has 1 amide bonds. The summed E-state index contributed by atoms with van der Waals surface area (Å²) in [4.78, 5) is 24.1. The molecule has 1 aliphatic heterocycles. The van der Waals surface area contributed by atoms with Crippen LogP contribution in [0.1, 0.15) is 38.1 Å². The first-order valence-electron chi connectivity index (χ1n) is 11.8. The van der Waals surface area contributed by atoms with Crippen molar-refractivity contribution in [2.75, 3.05) is 12.3 Å². The van der Waals surface area contributed by atoms with Crippen LogP contribution in [-0.2, 0) is 4.79 Å². The van der Waals surface area contributed by atoms with Crippen molar-refractivity contribution in [3.8, 4) is 34.6 Å². The Labute approximate surface area is 203 Å². The summed E-state index contributed by atoms with van der Waals surface area (Å²) in [5, 5.41) is 0. The number of para-hydroxylation sites is 1. The van der Waals surface area contributed by atoms with Crippen molar-refractivity contribution in [3.63, 3.8) is 0 Å². The maximum absolute atomic E-state index is 12.9. The van der Waals surface area contributed by atoms with Gasteiger partial charge >= 0.3 is 0 Å². The van der Waals surface area contributed by atoms with Crippen LogP contribution in [0.5, 0.6) is 11.5 Å². The van der Waals surface area contributed by atoms with Crippen molar-refractivity contribution in [2.24, 2.45) is 5.41 Å². The van der Waals surface area contributed by atoms with E-state index >= 15 is 0 Å². The zero-order chi connectivity index (χ0) is 24.0. The van der Waals surface area contributed by atoms with Crippen molar-refractivity contribution < 1.29 is 9.53 Å². The SMILES string of the molecule is CC#CC(=O)N1CC2(CC2)C[C@H]1c1nc(-c2ccc(Oc3ccccc3)cc2)c2c(N)nccn12. The molecule has 35 heavy (non-hydrogen) atoms. The van der Waals surface area contributed by atoms with Gasteiger partial charge in [-0.2, -0.15) is 0 Å². The minimum atomic E-state index is -0.158. The van der Waals surface area contributed by atoms with Gasteiger partial charge in [-0.1, -0.05) is 24.1 Å². The number of nitrogens with two attached hydrogens (primary N) is 1. The van der Waals surface area contributed by atoms with E-state index in [9.17, 15) is 4.79 Å². The molecule has 2 N–H and O–H groups in total. The molecule has 3 heterocycles. The minimum absolute atomic E-state index is 0.149. The average Bonchev–Trinajstić information content (AvgIpc) is 3.35. The predicted molar refractivity (Wildman–Crippen MR) is 134 cm³/mol. The maximum Gasteiger partial charge on any atom is 0.299 e. The van der Waals surface area contributed by atoms with Gasteiger partial charge in [0, 0.05) is 24.5 Å². The Hall–Kier alpha value is -4.31. The number of benzene rings is 2. The third kappa shape index (κ3) is 3.77. The molecule has 4 aromatic rings. The van der Waals surface area contributed by atoms with Crippen molar-refractivity contribution in [3.05, 3.63) is 72.8 Å². The molecule has 0 unspecified atom stereocenters. The normalized spacial score (nSPS) is 17.9. The highest BCUT2D eigenvalue weighted by Crippen LogP contribution is 2.58. The van der Waals surface area contributed by atoms with Crippen LogP contribution >= 0.6 is 0 Å². The number of fused-ring (bicyclic) bond motifs is 1. The molecule has 1 spiro atoms. The van der Waals surface area contributed by atoms with Crippen LogP contribution in [0.15, 0.2) is 67.0 Å². The third-order valence-electron chi connectivity index (χ3n) is 6.97. The van der Waals surface area contributed by atoms with E-state index < -0.39 is 0 Å². The molecular formula is C28H25N5O2. The number of amides is 1. The van der Waals surface area contributed by atoms with Gasteiger partial charge in [-0.05, 0) is 73.9 Å². The van der Waals surface area contributed by atoms with Gasteiger partial charge in [-0.15, -0.1) is 0 Å². The monoisotopic (exact) mass is 463 g/mol. The standard InChI is InChI=1S/C28H25N5O2/c1-2-6-23(34)33-18-28(13-14-28)17-22(33)27-31-24(25-26(29)30-15-16-32(25)27)19-9-11-21(12-10-19)35-20-7-4-3-5-8-20/h3-5,7-12,15-16,22H,13-14,17-18H2,1H3,(H2,29,30)/t22-/m0/s1. The van der Waals surface area contributed by atoms with Crippen LogP contribution in [0.2, 0.25) is 0 Å². The van der Waals surface area contributed by atoms with Gasteiger partial charge in [0.05, 0.1) is 6.04 Å². The summed E-state index contributed by atoms with van der Waals surface area (Å²) in [7, 11) is 0. The molecule has 6 rings (SSSR count). The highest BCUT2D eigenvalue weighted by Gasteiger charge is 2.54. The molecule has 1 aliphatic carbocycles. The average molecular weight is 464 g/mol. The number of carbonyl (C=O) groups excluding carboxylic acids is 1. The van der Waals surface area contributed by atoms with Gasteiger partial charge in [0.15, 0.2) is 0 Å². The van der Waals surface area contributed by atoms with E-state index in [0.29, 0.717) is 5.82 Å². The summed E-state index contributed by atoms with van der Waals surface area (Å²) in [6.45, 7) is 2.41. The first-order valence-corrected chi connectivity index (χ1v) is 11.8. The smallest absolute Gasteiger partial charge is 0.299 e. The van der Waals surface area contributed by atoms with E-state index in [-0.39, 0.29) is 17.4 Å². The number of hydrogen-bond acceptors (Lipinski definition) is 5. The summed E-state index contributed by atoms with van der Waals surface area (Å²) in [5.41, 5.74) is 8.92. The van der Waals surface area contributed by atoms with Crippen LogP contribution in [0.25, 0.3) is 16.8 Å². The molecule has 7 heteroatoms. The maximum atomic E-state index is 12.9. The Morgan fingerprint density at radius 2 is 1.86 bits per heavy atom. The lowest BCUT2D eigenvalue weighted by atomic mass is 10.0. The van der Waals surface area contributed by atoms with Crippen LogP contribution in [0.4, 0.5) is 5.82 Å². The topological polar surface area (TPSA) is 85.8 Å². The van der Waals surface area contributed by atoms with Gasteiger partial charge in [-0.3, -0.25) is 9.20 Å². The number of nitrogens with zero attached hydrogens (tertiary/aromatic N) is 4. The zero-order valence-electron chi connectivity index (χ0n) is 19.4. The van der Waals surface area contributed by atoms with Gasteiger partial charge in [0.25, 0.3) is 5.91 Å². The number of nitrogen functional groups attached to an aromatic ring is 1. The van der Waals surface area contributed by atoms with Gasteiger partial charge in [-0.25, -0.2) is 9.97 Å². The fourth-order valence-electron chi connectivity index (χ4n) is 5.05. The lowest BCUT2D eigenvalue weighted by Crippen LogP contribution is -2.31. The fraction of sp³-hybridized carbons (Fsp3) is 0.250. The summed E-state index contributed by atoms with van der Waals surface area (Å²) in [6, 6.07) is 17.3. The highest BCUT2D eigenvalue weighted by molar-refractivity contribution is 5.94. The van der Waals surface area contributed by atoms with Crippen molar-refractivity contribution in [1.29, 1.82) is 0 Å². The number of carbonyl (C=O) groups is 1. The molecule has 2 aliphatic rings. The largest absolute Gasteiger partial charge is 0.457 e. The van der Waals surface area contributed by atoms with Crippen LogP contribution in [0, 0.1) is 17.3 Å². The van der Waals surface area contributed by atoms with Crippen LogP contribution in [-0.4, -0.2) is 31.7 Å². The number of likely N-dealkylation sites (tertiary alicyclic amines) is 1. The van der Waals surface area contributed by atoms with E-state index in [1.165, 1.54) is 0 Å². The Morgan fingerprint density at radius 1 is 1.11 bits per heavy atom. The second-order valence-electron chi connectivity index (χ2n) is 9.32. The molecule has 2 aromatic carbocycles. The Morgan fingerprint density at radius 3 is 2.57 bits per heavy atom.